The average Bonchev–Trinajstić information content (AvgIpc) is 2.97. The Morgan fingerprint density at radius 3 is 2.85 bits per heavy atom. The molecule has 0 aromatic heterocycles. The van der Waals surface area contributed by atoms with Crippen LogP contribution in [0, 0.1) is 5.41 Å². The maximum Gasteiger partial charge on any atom is 0.00510 e. The Labute approximate surface area is 123 Å². The molecular formula is C18H28N2. The van der Waals surface area contributed by atoms with Crippen LogP contribution in [0.15, 0.2) is 30.3 Å². The second-order valence-corrected chi connectivity index (χ2v) is 6.77. The Morgan fingerprint density at radius 1 is 1.30 bits per heavy atom. The summed E-state index contributed by atoms with van der Waals surface area (Å²) in [7, 11) is 0. The summed E-state index contributed by atoms with van der Waals surface area (Å²) in [5, 5.41) is 3.62. The third-order valence-corrected chi connectivity index (χ3v) is 5.41. The molecule has 20 heavy (non-hydrogen) atoms. The van der Waals surface area contributed by atoms with E-state index >= 15 is 0 Å². The smallest absolute Gasteiger partial charge is 0.00510 e. The largest absolute Gasteiger partial charge is 0.316 e. The van der Waals surface area contributed by atoms with Gasteiger partial charge in [0.05, 0.1) is 0 Å². The van der Waals surface area contributed by atoms with Crippen molar-refractivity contribution in [3.63, 3.8) is 0 Å². The summed E-state index contributed by atoms with van der Waals surface area (Å²) in [4.78, 5) is 2.72. The molecule has 110 valence electrons. The van der Waals surface area contributed by atoms with Gasteiger partial charge in [0.15, 0.2) is 0 Å². The van der Waals surface area contributed by atoms with Gasteiger partial charge in [-0.05, 0) is 55.7 Å². The number of hydrogen-bond donors (Lipinski definition) is 1. The van der Waals surface area contributed by atoms with E-state index in [2.05, 4.69) is 47.5 Å². The van der Waals surface area contributed by atoms with Gasteiger partial charge in [0.25, 0.3) is 0 Å². The van der Waals surface area contributed by atoms with Crippen LogP contribution >= 0.6 is 0 Å². The van der Waals surface area contributed by atoms with Gasteiger partial charge in [0.2, 0.25) is 0 Å². The lowest BCUT2D eigenvalue weighted by Gasteiger charge is -2.40. The van der Waals surface area contributed by atoms with Crippen molar-refractivity contribution in [2.45, 2.75) is 38.5 Å². The van der Waals surface area contributed by atoms with Crippen LogP contribution < -0.4 is 5.32 Å². The Morgan fingerprint density at radius 2 is 2.15 bits per heavy atom. The first-order chi connectivity index (χ1) is 9.81. The van der Waals surface area contributed by atoms with Gasteiger partial charge in [-0.25, -0.2) is 0 Å². The van der Waals surface area contributed by atoms with E-state index in [0.29, 0.717) is 5.41 Å². The highest BCUT2D eigenvalue weighted by Crippen LogP contribution is 2.34. The summed E-state index contributed by atoms with van der Waals surface area (Å²) in [6.45, 7) is 8.63. The summed E-state index contributed by atoms with van der Waals surface area (Å²) in [5.74, 6) is 0.752. The van der Waals surface area contributed by atoms with E-state index < -0.39 is 0 Å². The Kier molecular flexibility index (Phi) is 4.42. The number of benzene rings is 1. The molecule has 0 radical (unpaired) electrons. The van der Waals surface area contributed by atoms with Crippen molar-refractivity contribution < 1.29 is 0 Å². The molecule has 2 aliphatic heterocycles. The number of nitrogens with one attached hydrogen (secondary N) is 1. The third-order valence-electron chi connectivity index (χ3n) is 5.41. The zero-order chi connectivity index (χ0) is 13.8. The van der Waals surface area contributed by atoms with Gasteiger partial charge in [0.1, 0.15) is 0 Å². The minimum absolute atomic E-state index is 0.532. The lowest BCUT2D eigenvalue weighted by Crippen LogP contribution is -2.46. The van der Waals surface area contributed by atoms with Crippen molar-refractivity contribution in [2.75, 3.05) is 32.7 Å². The maximum atomic E-state index is 3.62. The van der Waals surface area contributed by atoms with E-state index in [9.17, 15) is 0 Å². The van der Waals surface area contributed by atoms with Crippen molar-refractivity contribution >= 4 is 0 Å². The fourth-order valence-electron chi connectivity index (χ4n) is 4.03. The van der Waals surface area contributed by atoms with E-state index in [4.69, 9.17) is 0 Å². The van der Waals surface area contributed by atoms with Gasteiger partial charge in [-0.3, -0.25) is 0 Å². The lowest BCUT2D eigenvalue weighted by molar-refractivity contribution is 0.127. The Bertz CT molecular complexity index is 409. The second-order valence-electron chi connectivity index (χ2n) is 6.77. The van der Waals surface area contributed by atoms with E-state index in [0.717, 1.165) is 5.92 Å². The molecular weight excluding hydrogens is 244 g/mol. The number of rotatable bonds is 4. The Balaban J connectivity index is 1.60. The normalized spacial score (nSPS) is 31.6. The summed E-state index contributed by atoms with van der Waals surface area (Å²) in [6.07, 6.45) is 5.40. The summed E-state index contributed by atoms with van der Waals surface area (Å²) in [6, 6.07) is 11.1. The third kappa shape index (κ3) is 3.07. The van der Waals surface area contributed by atoms with Crippen LogP contribution in [0.5, 0.6) is 0 Å². The van der Waals surface area contributed by atoms with Gasteiger partial charge in [-0.15, -0.1) is 0 Å². The molecule has 1 aromatic rings. The molecule has 2 heterocycles. The highest BCUT2D eigenvalue weighted by molar-refractivity contribution is 5.21. The lowest BCUT2D eigenvalue weighted by atomic mass is 9.78. The molecule has 1 aromatic carbocycles. The molecule has 0 amide bonds. The first kappa shape index (κ1) is 14.1. The van der Waals surface area contributed by atoms with E-state index in [-0.39, 0.29) is 0 Å². The van der Waals surface area contributed by atoms with E-state index in [1.54, 1.807) is 0 Å². The predicted molar refractivity (Wildman–Crippen MR) is 85.1 cm³/mol. The molecule has 2 heteroatoms. The van der Waals surface area contributed by atoms with E-state index in [1.165, 1.54) is 64.0 Å². The predicted octanol–water partition coefficient (Wildman–Crippen LogP) is 3.26. The van der Waals surface area contributed by atoms with Gasteiger partial charge >= 0.3 is 0 Å². The molecule has 0 saturated carbocycles. The maximum absolute atomic E-state index is 3.62. The van der Waals surface area contributed by atoms with Crippen molar-refractivity contribution in [3.05, 3.63) is 35.9 Å². The molecule has 2 saturated heterocycles. The molecule has 2 nitrogen and oxygen atoms in total. The van der Waals surface area contributed by atoms with Gasteiger partial charge in [-0.1, -0.05) is 37.3 Å². The first-order valence-electron chi connectivity index (χ1n) is 8.29. The standard InChI is InChI=1S/C18H28N2/c1-2-18(10-6-11-19-14-18)15-20-12-9-17(13-20)16-7-4-3-5-8-16/h3-5,7-8,17,19H,2,6,9-15H2,1H3. The minimum atomic E-state index is 0.532. The van der Waals surface area contributed by atoms with Crippen LogP contribution in [0.4, 0.5) is 0 Å². The van der Waals surface area contributed by atoms with Crippen LogP contribution in [0.2, 0.25) is 0 Å². The van der Waals surface area contributed by atoms with Crippen LogP contribution in [0.1, 0.15) is 44.1 Å². The zero-order valence-corrected chi connectivity index (χ0v) is 12.8. The van der Waals surface area contributed by atoms with Gasteiger partial charge < -0.3 is 10.2 Å². The van der Waals surface area contributed by atoms with Crippen molar-refractivity contribution in [1.29, 1.82) is 0 Å². The number of hydrogen-bond acceptors (Lipinski definition) is 2. The number of nitrogens with zero attached hydrogens (tertiary/aromatic N) is 1. The van der Waals surface area contributed by atoms with Crippen LogP contribution in [0.25, 0.3) is 0 Å². The highest BCUT2D eigenvalue weighted by atomic mass is 15.2. The highest BCUT2D eigenvalue weighted by Gasteiger charge is 2.34. The fourth-order valence-corrected chi connectivity index (χ4v) is 4.03. The SMILES string of the molecule is CCC1(CN2CCC(c3ccccc3)C2)CCCNC1. The molecule has 3 rings (SSSR count). The second kappa shape index (κ2) is 6.28. The molecule has 2 aliphatic rings. The summed E-state index contributed by atoms with van der Waals surface area (Å²) in [5.41, 5.74) is 2.06. The minimum Gasteiger partial charge on any atom is -0.316 e. The fraction of sp³-hybridized carbons (Fsp3) is 0.667. The van der Waals surface area contributed by atoms with Crippen molar-refractivity contribution in [1.82, 2.24) is 10.2 Å². The van der Waals surface area contributed by atoms with Crippen LogP contribution in [0.3, 0.4) is 0 Å². The van der Waals surface area contributed by atoms with Crippen molar-refractivity contribution in [2.24, 2.45) is 5.41 Å². The molecule has 1 N–H and O–H groups in total. The zero-order valence-electron chi connectivity index (χ0n) is 12.8. The van der Waals surface area contributed by atoms with Gasteiger partial charge in [0, 0.05) is 19.6 Å². The topological polar surface area (TPSA) is 15.3 Å². The molecule has 2 atom stereocenters. The summed E-state index contributed by atoms with van der Waals surface area (Å²) >= 11 is 0. The van der Waals surface area contributed by atoms with Crippen LogP contribution in [-0.2, 0) is 0 Å². The van der Waals surface area contributed by atoms with E-state index in [1.807, 2.05) is 0 Å². The number of likely N-dealkylation sites (tertiary alicyclic amines) is 1. The average molecular weight is 272 g/mol. The molecule has 2 fully saturated rings. The molecule has 2 unspecified atom stereocenters. The Hall–Kier alpha value is -0.860. The first-order valence-corrected chi connectivity index (χ1v) is 8.29. The molecule has 0 spiro atoms. The van der Waals surface area contributed by atoms with Crippen molar-refractivity contribution in [3.8, 4) is 0 Å². The van der Waals surface area contributed by atoms with Gasteiger partial charge in [-0.2, -0.15) is 0 Å². The van der Waals surface area contributed by atoms with Crippen LogP contribution in [-0.4, -0.2) is 37.6 Å². The molecule has 0 bridgehead atoms. The quantitative estimate of drug-likeness (QED) is 0.905. The summed E-state index contributed by atoms with van der Waals surface area (Å²) < 4.78 is 0. The number of piperidine rings is 1. The molecule has 0 aliphatic carbocycles. The monoisotopic (exact) mass is 272 g/mol.